The number of carbonyl (C=O) groups is 1. The molecule has 0 atom stereocenters. The molecule has 2 N–H and O–H groups in total. The molecular weight excluding hydrogens is 390 g/mol. The molecule has 0 saturated carbocycles. The normalized spacial score (nSPS) is 12.7. The van der Waals surface area contributed by atoms with Gasteiger partial charge in [0, 0.05) is 11.1 Å². The van der Waals surface area contributed by atoms with E-state index in [9.17, 15) is 39.9 Å². The van der Waals surface area contributed by atoms with E-state index in [4.69, 9.17) is 10.5 Å². The highest BCUT2D eigenvalue weighted by Crippen LogP contribution is 2.53. The fourth-order valence-electron chi connectivity index (χ4n) is 2.10. The van der Waals surface area contributed by atoms with Gasteiger partial charge in [0.05, 0.1) is 0 Å². The van der Waals surface area contributed by atoms with Crippen LogP contribution in [0.2, 0.25) is 0 Å². The van der Waals surface area contributed by atoms with Crippen LogP contribution in [0.4, 0.5) is 35.1 Å². The van der Waals surface area contributed by atoms with Gasteiger partial charge < -0.3 is 10.5 Å². The predicted octanol–water partition coefficient (Wildman–Crippen LogP) is 5.01. The van der Waals surface area contributed by atoms with E-state index in [1.54, 1.807) is 0 Å². The summed E-state index contributed by atoms with van der Waals surface area (Å²) in [4.78, 5) is 10.9. The molecule has 0 bridgehead atoms. The Morgan fingerprint density at radius 3 is 1.78 bits per heavy atom. The number of rotatable bonds is 4. The van der Waals surface area contributed by atoms with Crippen LogP contribution in [-0.4, -0.2) is 18.3 Å². The van der Waals surface area contributed by atoms with Crippen LogP contribution in [0, 0.1) is 5.82 Å². The highest BCUT2D eigenvalue weighted by Gasteiger charge is 2.73. The molecule has 2 aromatic rings. The summed E-state index contributed by atoms with van der Waals surface area (Å²) >= 11 is 0. The summed E-state index contributed by atoms with van der Waals surface area (Å²) in [7, 11) is 0. The van der Waals surface area contributed by atoms with Gasteiger partial charge in [-0.3, -0.25) is 4.79 Å². The number of halogens is 8. The van der Waals surface area contributed by atoms with Crippen LogP contribution < -0.4 is 10.5 Å². The molecule has 27 heavy (non-hydrogen) atoms. The van der Waals surface area contributed by atoms with Gasteiger partial charge in [0.1, 0.15) is 5.75 Å². The predicted molar refractivity (Wildman–Crippen MR) is 76.3 cm³/mol. The van der Waals surface area contributed by atoms with Gasteiger partial charge >= 0.3 is 18.0 Å². The van der Waals surface area contributed by atoms with Crippen LogP contribution in [0.15, 0.2) is 42.5 Å². The third kappa shape index (κ3) is 3.81. The second kappa shape index (κ2) is 6.71. The van der Waals surface area contributed by atoms with Crippen molar-refractivity contribution >= 4 is 5.91 Å². The Hall–Kier alpha value is -2.85. The maximum Gasteiger partial charge on any atom is 0.435 e. The lowest BCUT2D eigenvalue weighted by atomic mass is 9.94. The fraction of sp³-hybridized carbons (Fsp3) is 0.188. The molecule has 0 unspecified atom stereocenters. The molecule has 3 nitrogen and oxygen atoms in total. The Kier molecular flexibility index (Phi) is 5.08. The number of hydrogen-bond donors (Lipinski definition) is 1. The third-order valence-corrected chi connectivity index (χ3v) is 3.48. The van der Waals surface area contributed by atoms with E-state index in [1.165, 1.54) is 0 Å². The molecule has 0 aliphatic rings. The Morgan fingerprint density at radius 1 is 0.852 bits per heavy atom. The largest absolute Gasteiger partial charge is 0.454 e. The first-order valence-corrected chi connectivity index (χ1v) is 6.97. The number of alkyl halides is 7. The SMILES string of the molecule is NC(=O)c1ccc(Oc2ccc(C(F)(C(F)(F)F)C(F)(F)F)cc2)c(F)c1. The van der Waals surface area contributed by atoms with E-state index >= 15 is 0 Å². The molecule has 0 aromatic heterocycles. The van der Waals surface area contributed by atoms with Crippen molar-refractivity contribution in [1.82, 2.24) is 0 Å². The zero-order valence-electron chi connectivity index (χ0n) is 13.0. The van der Waals surface area contributed by atoms with Gasteiger partial charge in [-0.25, -0.2) is 8.78 Å². The molecule has 0 fully saturated rings. The second-order valence-electron chi connectivity index (χ2n) is 5.29. The highest BCUT2D eigenvalue weighted by molar-refractivity contribution is 5.92. The van der Waals surface area contributed by atoms with Crippen molar-refractivity contribution in [2.45, 2.75) is 18.0 Å². The molecule has 0 spiro atoms. The van der Waals surface area contributed by atoms with Crippen LogP contribution in [0.3, 0.4) is 0 Å². The minimum absolute atomic E-state index is 0.187. The molecular formula is C16H9F8NO2. The van der Waals surface area contributed by atoms with Crippen LogP contribution in [-0.2, 0) is 5.67 Å². The van der Waals surface area contributed by atoms with E-state index in [0.29, 0.717) is 12.1 Å². The summed E-state index contributed by atoms with van der Waals surface area (Å²) in [6, 6.07) is 4.48. The second-order valence-corrected chi connectivity index (χ2v) is 5.29. The highest BCUT2D eigenvalue weighted by atomic mass is 19.4. The minimum Gasteiger partial charge on any atom is -0.454 e. The Bertz CT molecular complexity index is 829. The van der Waals surface area contributed by atoms with Crippen molar-refractivity contribution in [2.24, 2.45) is 5.73 Å². The molecule has 0 saturated heterocycles. The molecule has 11 heteroatoms. The number of primary amides is 1. The topological polar surface area (TPSA) is 52.3 Å². The van der Waals surface area contributed by atoms with Gasteiger partial charge in [0.15, 0.2) is 11.6 Å². The van der Waals surface area contributed by atoms with Gasteiger partial charge in [-0.15, -0.1) is 0 Å². The van der Waals surface area contributed by atoms with Crippen molar-refractivity contribution < 1.29 is 44.7 Å². The standard InChI is InChI=1S/C16H9F8NO2/c17-11-7-8(13(25)26)1-6-12(11)27-10-4-2-9(3-5-10)14(18,15(19,20)21)16(22,23)24/h1-7H,(H2,25,26). The van der Waals surface area contributed by atoms with Gasteiger partial charge in [-0.1, -0.05) is 12.1 Å². The van der Waals surface area contributed by atoms with Gasteiger partial charge in [0.2, 0.25) is 5.91 Å². The Balaban J connectivity index is 2.34. The van der Waals surface area contributed by atoms with Crippen LogP contribution in [0.5, 0.6) is 11.5 Å². The van der Waals surface area contributed by atoms with Crippen LogP contribution in [0.25, 0.3) is 0 Å². The maximum absolute atomic E-state index is 13.9. The molecule has 0 radical (unpaired) electrons. The van der Waals surface area contributed by atoms with Gasteiger partial charge in [-0.05, 0) is 30.3 Å². The first kappa shape index (κ1) is 20.5. The summed E-state index contributed by atoms with van der Waals surface area (Å²) in [5.74, 6) is -2.83. The molecule has 0 aliphatic heterocycles. The molecule has 0 heterocycles. The van der Waals surface area contributed by atoms with Gasteiger partial charge in [0.25, 0.3) is 0 Å². The summed E-state index contributed by atoms with van der Waals surface area (Å²) in [5.41, 5.74) is -2.53. The Morgan fingerprint density at radius 2 is 1.37 bits per heavy atom. The minimum atomic E-state index is -6.25. The van der Waals surface area contributed by atoms with Gasteiger partial charge in [-0.2, -0.15) is 26.3 Å². The molecule has 146 valence electrons. The molecule has 2 rings (SSSR count). The fourth-order valence-corrected chi connectivity index (χ4v) is 2.10. The molecule has 2 aromatic carbocycles. The zero-order valence-corrected chi connectivity index (χ0v) is 13.0. The lowest BCUT2D eigenvalue weighted by molar-refractivity contribution is -0.348. The van der Waals surface area contributed by atoms with Crippen molar-refractivity contribution in [3.63, 3.8) is 0 Å². The lowest BCUT2D eigenvalue weighted by Crippen LogP contribution is -2.50. The summed E-state index contributed by atoms with van der Waals surface area (Å²) in [5, 5.41) is 0. The Labute approximate surface area is 146 Å². The van der Waals surface area contributed by atoms with Crippen molar-refractivity contribution in [3.8, 4) is 11.5 Å². The summed E-state index contributed by atoms with van der Waals surface area (Å²) in [6.45, 7) is 0. The van der Waals surface area contributed by atoms with E-state index < -0.39 is 41.1 Å². The first-order chi connectivity index (χ1) is 12.3. The quantitative estimate of drug-likeness (QED) is 0.736. The average Bonchev–Trinajstić information content (AvgIpc) is 2.54. The number of nitrogens with two attached hydrogens (primary N) is 1. The summed E-state index contributed by atoms with van der Waals surface area (Å²) in [6.07, 6.45) is -12.5. The van der Waals surface area contributed by atoms with E-state index in [-0.39, 0.29) is 23.4 Å². The van der Waals surface area contributed by atoms with Crippen molar-refractivity contribution in [1.29, 1.82) is 0 Å². The number of benzene rings is 2. The zero-order chi connectivity index (χ0) is 20.6. The van der Waals surface area contributed by atoms with Crippen LogP contribution >= 0.6 is 0 Å². The monoisotopic (exact) mass is 399 g/mol. The van der Waals surface area contributed by atoms with E-state index in [1.807, 2.05) is 0 Å². The lowest BCUT2D eigenvalue weighted by Gasteiger charge is -2.30. The van der Waals surface area contributed by atoms with E-state index in [2.05, 4.69) is 0 Å². The number of ether oxygens (including phenoxy) is 1. The van der Waals surface area contributed by atoms with Crippen LogP contribution in [0.1, 0.15) is 15.9 Å². The van der Waals surface area contributed by atoms with Crippen molar-refractivity contribution in [3.05, 3.63) is 59.4 Å². The number of amides is 1. The molecule has 0 aliphatic carbocycles. The van der Waals surface area contributed by atoms with Crippen molar-refractivity contribution in [2.75, 3.05) is 0 Å². The first-order valence-electron chi connectivity index (χ1n) is 6.97. The third-order valence-electron chi connectivity index (χ3n) is 3.48. The average molecular weight is 399 g/mol. The molecule has 1 amide bonds. The smallest absolute Gasteiger partial charge is 0.435 e. The number of hydrogen-bond acceptors (Lipinski definition) is 2. The summed E-state index contributed by atoms with van der Waals surface area (Å²) < 4.78 is 109. The maximum atomic E-state index is 13.9. The number of carbonyl (C=O) groups excluding carboxylic acids is 1. The van der Waals surface area contributed by atoms with E-state index in [0.717, 1.165) is 18.2 Å².